The average Bonchev–Trinajstić information content (AvgIpc) is 3.31. The summed E-state index contributed by atoms with van der Waals surface area (Å²) in [6.45, 7) is 4.78. The highest BCUT2D eigenvalue weighted by Crippen LogP contribution is 2.55. The number of hydrogen-bond donors (Lipinski definition) is 0. The predicted octanol–water partition coefficient (Wildman–Crippen LogP) is 12.5. The fraction of sp³-hybridized carbons (Fsp3) is 0.0667. The van der Waals surface area contributed by atoms with Gasteiger partial charge < -0.3 is 0 Å². The van der Waals surface area contributed by atoms with Crippen LogP contribution in [0.3, 0.4) is 0 Å². The molecule has 10 rings (SSSR count). The van der Waals surface area contributed by atoms with Gasteiger partial charge in [-0.15, -0.1) is 0 Å². The van der Waals surface area contributed by atoms with E-state index in [2.05, 4.69) is 159 Å². The number of benzene rings is 9. The van der Waals surface area contributed by atoms with Gasteiger partial charge in [0.05, 0.1) is 0 Å². The molecule has 0 aromatic heterocycles. The zero-order chi connectivity index (χ0) is 29.9. The van der Waals surface area contributed by atoms with E-state index in [4.69, 9.17) is 0 Å². The van der Waals surface area contributed by atoms with Crippen LogP contribution in [0, 0.1) is 0 Å². The van der Waals surface area contributed by atoms with Gasteiger partial charge in [-0.25, -0.2) is 0 Å². The molecule has 9 aromatic carbocycles. The largest absolute Gasteiger partial charge is 0.0619 e. The van der Waals surface area contributed by atoms with Crippen LogP contribution < -0.4 is 0 Å². The van der Waals surface area contributed by atoms with Crippen molar-refractivity contribution < 1.29 is 0 Å². The highest BCUT2D eigenvalue weighted by Gasteiger charge is 2.37. The fourth-order valence-corrected chi connectivity index (χ4v) is 8.39. The van der Waals surface area contributed by atoms with Crippen LogP contribution in [0.1, 0.15) is 25.0 Å². The molecular weight excluding hydrogens is 540 g/mol. The molecule has 0 fully saturated rings. The summed E-state index contributed by atoms with van der Waals surface area (Å²) < 4.78 is 0. The van der Waals surface area contributed by atoms with Crippen LogP contribution in [0.25, 0.3) is 87.2 Å². The molecule has 0 aliphatic heterocycles. The first-order valence-corrected chi connectivity index (χ1v) is 15.9. The molecule has 0 spiro atoms. The summed E-state index contributed by atoms with van der Waals surface area (Å²) >= 11 is 0. The number of hydrogen-bond acceptors (Lipinski definition) is 0. The van der Waals surface area contributed by atoms with Crippen molar-refractivity contribution in [2.24, 2.45) is 0 Å². The zero-order valence-electron chi connectivity index (χ0n) is 25.4. The Morgan fingerprint density at radius 2 is 0.956 bits per heavy atom. The zero-order valence-corrected chi connectivity index (χ0v) is 25.4. The molecule has 1 aliphatic carbocycles. The minimum Gasteiger partial charge on any atom is -0.0619 e. The Hall–Kier alpha value is -5.46. The normalized spacial score (nSPS) is 13.7. The Kier molecular flexibility index (Phi) is 4.88. The van der Waals surface area contributed by atoms with Gasteiger partial charge in [0.25, 0.3) is 0 Å². The van der Waals surface area contributed by atoms with E-state index in [9.17, 15) is 0 Å². The van der Waals surface area contributed by atoms with E-state index in [1.54, 1.807) is 0 Å². The van der Waals surface area contributed by atoms with Gasteiger partial charge in [0, 0.05) is 5.41 Å². The first kappa shape index (κ1) is 24.9. The van der Waals surface area contributed by atoms with Crippen LogP contribution in [0.2, 0.25) is 0 Å². The SMILES string of the molecule is CC1(C)c2ccccc2-c2c1cc1cc(-c3cc4ccc5cccc6ccc(c3)c4c56)ccc1c2-c1cccc2ccccc12. The lowest BCUT2D eigenvalue weighted by Gasteiger charge is -2.23. The Morgan fingerprint density at radius 3 is 1.78 bits per heavy atom. The van der Waals surface area contributed by atoms with Gasteiger partial charge in [-0.2, -0.15) is 0 Å². The summed E-state index contributed by atoms with van der Waals surface area (Å²) in [4.78, 5) is 0. The fourth-order valence-electron chi connectivity index (χ4n) is 8.39. The Labute approximate surface area is 262 Å². The Morgan fingerprint density at radius 1 is 0.356 bits per heavy atom. The van der Waals surface area contributed by atoms with Crippen LogP contribution in [0.5, 0.6) is 0 Å². The minimum absolute atomic E-state index is 0.0911. The van der Waals surface area contributed by atoms with Crippen LogP contribution >= 0.6 is 0 Å². The molecule has 9 aromatic rings. The molecule has 0 bridgehead atoms. The summed E-state index contributed by atoms with van der Waals surface area (Å²) in [6, 6.07) is 54.7. The predicted molar refractivity (Wildman–Crippen MR) is 194 cm³/mol. The molecule has 0 radical (unpaired) electrons. The molecule has 0 nitrogen and oxygen atoms in total. The molecule has 0 atom stereocenters. The number of fused-ring (bicyclic) bond motifs is 5. The van der Waals surface area contributed by atoms with Gasteiger partial charge in [0.1, 0.15) is 0 Å². The molecule has 0 unspecified atom stereocenters. The van der Waals surface area contributed by atoms with Crippen molar-refractivity contribution in [2.45, 2.75) is 19.3 Å². The van der Waals surface area contributed by atoms with Crippen molar-refractivity contribution in [3.8, 4) is 33.4 Å². The lowest BCUT2D eigenvalue weighted by molar-refractivity contribution is 0.661. The third-order valence-electron chi connectivity index (χ3n) is 10.5. The quantitative estimate of drug-likeness (QED) is 0.181. The molecule has 0 saturated carbocycles. The van der Waals surface area contributed by atoms with Crippen LogP contribution in [0.15, 0.2) is 146 Å². The molecule has 0 heterocycles. The summed E-state index contributed by atoms with van der Waals surface area (Å²) in [5, 5.41) is 13.1. The molecule has 0 amide bonds. The van der Waals surface area contributed by atoms with E-state index in [1.807, 2.05) is 0 Å². The van der Waals surface area contributed by atoms with Gasteiger partial charge in [0.2, 0.25) is 0 Å². The minimum atomic E-state index is -0.0911. The van der Waals surface area contributed by atoms with E-state index in [1.165, 1.54) is 98.4 Å². The van der Waals surface area contributed by atoms with Gasteiger partial charge in [-0.05, 0) is 123 Å². The second-order valence-corrected chi connectivity index (χ2v) is 13.3. The maximum Gasteiger partial charge on any atom is 0.0159 e. The Balaban J connectivity index is 1.27. The summed E-state index contributed by atoms with van der Waals surface area (Å²) in [5.74, 6) is 0. The lowest BCUT2D eigenvalue weighted by Crippen LogP contribution is -2.15. The van der Waals surface area contributed by atoms with Gasteiger partial charge in [0.15, 0.2) is 0 Å². The molecule has 210 valence electrons. The molecule has 0 heteroatoms. The van der Waals surface area contributed by atoms with Crippen LogP contribution in [0.4, 0.5) is 0 Å². The van der Waals surface area contributed by atoms with E-state index in [0.717, 1.165) is 0 Å². The van der Waals surface area contributed by atoms with Gasteiger partial charge in [-0.3, -0.25) is 0 Å². The van der Waals surface area contributed by atoms with E-state index in [-0.39, 0.29) is 5.41 Å². The van der Waals surface area contributed by atoms with Crippen molar-refractivity contribution in [3.63, 3.8) is 0 Å². The highest BCUT2D eigenvalue weighted by molar-refractivity contribution is 6.24. The maximum atomic E-state index is 2.48. The van der Waals surface area contributed by atoms with Crippen molar-refractivity contribution >= 4 is 53.9 Å². The topological polar surface area (TPSA) is 0 Å². The molecule has 0 saturated heterocycles. The van der Waals surface area contributed by atoms with Crippen molar-refractivity contribution in [2.75, 3.05) is 0 Å². The molecule has 0 N–H and O–H groups in total. The standard InChI is InChI=1S/C45H30/c1-45(2)39-16-6-5-14-38(39)44-40(45)26-34-23-30(21-22-36(34)43(44)37-15-8-10-27-9-3-4-13-35(27)37)33-24-31-19-17-28-11-7-12-29-18-20-32(25-33)42(31)41(28)29/h3-26H,1-2H3. The van der Waals surface area contributed by atoms with Crippen molar-refractivity contribution in [3.05, 3.63) is 157 Å². The Bertz CT molecular complexity index is 2600. The highest BCUT2D eigenvalue weighted by atomic mass is 14.4. The molecule has 45 heavy (non-hydrogen) atoms. The van der Waals surface area contributed by atoms with Crippen molar-refractivity contribution in [1.29, 1.82) is 0 Å². The van der Waals surface area contributed by atoms with Crippen LogP contribution in [-0.2, 0) is 5.41 Å². The second-order valence-electron chi connectivity index (χ2n) is 13.3. The maximum absolute atomic E-state index is 2.48. The van der Waals surface area contributed by atoms with Gasteiger partial charge in [-0.1, -0.05) is 135 Å². The first-order valence-electron chi connectivity index (χ1n) is 15.9. The van der Waals surface area contributed by atoms with E-state index >= 15 is 0 Å². The lowest BCUT2D eigenvalue weighted by atomic mass is 9.80. The monoisotopic (exact) mass is 570 g/mol. The summed E-state index contributed by atoms with van der Waals surface area (Å²) in [7, 11) is 0. The third-order valence-corrected chi connectivity index (χ3v) is 10.5. The number of rotatable bonds is 2. The summed E-state index contributed by atoms with van der Waals surface area (Å²) in [6.07, 6.45) is 0. The van der Waals surface area contributed by atoms with Crippen molar-refractivity contribution in [1.82, 2.24) is 0 Å². The molecular formula is C45H30. The second kappa shape index (κ2) is 8.80. The summed E-state index contributed by atoms with van der Waals surface area (Å²) in [5.41, 5.74) is 10.6. The molecule has 1 aliphatic rings. The smallest absolute Gasteiger partial charge is 0.0159 e. The average molecular weight is 571 g/mol. The van der Waals surface area contributed by atoms with Gasteiger partial charge >= 0.3 is 0 Å². The van der Waals surface area contributed by atoms with Crippen LogP contribution in [-0.4, -0.2) is 0 Å². The third kappa shape index (κ3) is 3.37. The van der Waals surface area contributed by atoms with E-state index < -0.39 is 0 Å². The first-order chi connectivity index (χ1) is 22.1. The van der Waals surface area contributed by atoms with E-state index in [0.29, 0.717) is 0 Å².